The second-order valence-electron chi connectivity index (χ2n) is 4.13. The van der Waals surface area contributed by atoms with Crippen LogP contribution < -0.4 is 5.32 Å². The van der Waals surface area contributed by atoms with Crippen LogP contribution in [0.15, 0.2) is 12.4 Å². The first kappa shape index (κ1) is 10.5. The lowest BCUT2D eigenvalue weighted by molar-refractivity contribution is 0.179. The summed E-state index contributed by atoms with van der Waals surface area (Å²) < 4.78 is 7.15. The van der Waals surface area contributed by atoms with Crippen molar-refractivity contribution in [1.82, 2.24) is 9.78 Å². The van der Waals surface area contributed by atoms with Crippen molar-refractivity contribution in [2.45, 2.75) is 32.4 Å². The molecule has 1 aromatic rings. The fourth-order valence-electron chi connectivity index (χ4n) is 1.80. The Labute approximate surface area is 90.6 Å². The average molecular weight is 209 g/mol. The van der Waals surface area contributed by atoms with Gasteiger partial charge in [-0.15, -0.1) is 0 Å². The lowest BCUT2D eigenvalue weighted by Gasteiger charge is -2.16. The van der Waals surface area contributed by atoms with Gasteiger partial charge in [0, 0.05) is 19.9 Å². The molecule has 0 aliphatic heterocycles. The van der Waals surface area contributed by atoms with Gasteiger partial charge in [-0.3, -0.25) is 4.68 Å². The Hall–Kier alpha value is -1.03. The standard InChI is InChI=1S/C11H19N3O/c1-3-14-7-10(6-12-14)13-11(8-15-2)9-4-5-9/h6-7,9,11,13H,3-5,8H2,1-2H3. The van der Waals surface area contributed by atoms with E-state index in [0.29, 0.717) is 6.04 Å². The van der Waals surface area contributed by atoms with Gasteiger partial charge in [0.25, 0.3) is 0 Å². The van der Waals surface area contributed by atoms with E-state index in [2.05, 4.69) is 17.3 Å². The Morgan fingerprint density at radius 1 is 1.67 bits per heavy atom. The predicted octanol–water partition coefficient (Wildman–Crippen LogP) is 1.74. The van der Waals surface area contributed by atoms with Crippen LogP contribution in [-0.4, -0.2) is 29.5 Å². The van der Waals surface area contributed by atoms with Crippen LogP contribution in [-0.2, 0) is 11.3 Å². The molecule has 84 valence electrons. The van der Waals surface area contributed by atoms with Gasteiger partial charge in [-0.05, 0) is 25.7 Å². The highest BCUT2D eigenvalue weighted by atomic mass is 16.5. The fourth-order valence-corrected chi connectivity index (χ4v) is 1.80. The summed E-state index contributed by atoms with van der Waals surface area (Å²) >= 11 is 0. The summed E-state index contributed by atoms with van der Waals surface area (Å²) in [7, 11) is 1.76. The number of nitrogens with zero attached hydrogens (tertiary/aromatic N) is 2. The van der Waals surface area contributed by atoms with Crippen LogP contribution in [0.4, 0.5) is 5.69 Å². The van der Waals surface area contributed by atoms with E-state index in [1.54, 1.807) is 7.11 Å². The van der Waals surface area contributed by atoms with Crippen LogP contribution in [0.3, 0.4) is 0 Å². The lowest BCUT2D eigenvalue weighted by Crippen LogP contribution is -2.26. The predicted molar refractivity (Wildman–Crippen MR) is 59.9 cm³/mol. The highest BCUT2D eigenvalue weighted by molar-refractivity contribution is 5.39. The Morgan fingerprint density at radius 2 is 2.47 bits per heavy atom. The molecule has 0 saturated heterocycles. The van der Waals surface area contributed by atoms with Crippen LogP contribution >= 0.6 is 0 Å². The van der Waals surface area contributed by atoms with Crippen LogP contribution in [0.2, 0.25) is 0 Å². The topological polar surface area (TPSA) is 39.1 Å². The zero-order valence-electron chi connectivity index (χ0n) is 9.44. The zero-order valence-corrected chi connectivity index (χ0v) is 9.44. The molecule has 0 radical (unpaired) electrons. The molecule has 0 amide bonds. The highest BCUT2D eigenvalue weighted by Gasteiger charge is 2.31. The molecule has 1 N–H and O–H groups in total. The third-order valence-corrected chi connectivity index (χ3v) is 2.85. The van der Waals surface area contributed by atoms with E-state index in [9.17, 15) is 0 Å². The molecule has 4 heteroatoms. The van der Waals surface area contributed by atoms with Crippen LogP contribution in [0.5, 0.6) is 0 Å². The van der Waals surface area contributed by atoms with E-state index >= 15 is 0 Å². The number of rotatable bonds is 6. The molecular formula is C11H19N3O. The van der Waals surface area contributed by atoms with Gasteiger partial charge in [0.1, 0.15) is 0 Å². The van der Waals surface area contributed by atoms with Gasteiger partial charge in [0.05, 0.1) is 24.5 Å². The Kier molecular flexibility index (Phi) is 3.26. The molecule has 1 atom stereocenters. The molecule has 1 fully saturated rings. The summed E-state index contributed by atoms with van der Waals surface area (Å²) in [4.78, 5) is 0. The van der Waals surface area contributed by atoms with Crippen molar-refractivity contribution >= 4 is 5.69 Å². The van der Waals surface area contributed by atoms with Crippen LogP contribution in [0.1, 0.15) is 19.8 Å². The number of aryl methyl sites for hydroxylation is 1. The highest BCUT2D eigenvalue weighted by Crippen LogP contribution is 2.34. The van der Waals surface area contributed by atoms with Crippen molar-refractivity contribution in [2.24, 2.45) is 5.92 Å². The number of ether oxygens (including phenoxy) is 1. The van der Waals surface area contributed by atoms with E-state index in [-0.39, 0.29) is 0 Å². The molecule has 1 aliphatic rings. The molecule has 1 saturated carbocycles. The molecular weight excluding hydrogens is 190 g/mol. The molecule has 4 nitrogen and oxygen atoms in total. The monoisotopic (exact) mass is 209 g/mol. The van der Waals surface area contributed by atoms with E-state index in [1.165, 1.54) is 12.8 Å². The fraction of sp³-hybridized carbons (Fsp3) is 0.727. The van der Waals surface area contributed by atoms with Gasteiger partial charge in [-0.25, -0.2) is 0 Å². The summed E-state index contributed by atoms with van der Waals surface area (Å²) in [6.07, 6.45) is 6.57. The zero-order chi connectivity index (χ0) is 10.7. The molecule has 0 aromatic carbocycles. The van der Waals surface area contributed by atoms with Crippen molar-refractivity contribution < 1.29 is 4.74 Å². The number of anilines is 1. The Balaban J connectivity index is 1.92. The van der Waals surface area contributed by atoms with E-state index in [4.69, 9.17) is 4.74 Å². The minimum Gasteiger partial charge on any atom is -0.383 e. The summed E-state index contributed by atoms with van der Waals surface area (Å²) in [6, 6.07) is 0.449. The first-order valence-corrected chi connectivity index (χ1v) is 5.61. The molecule has 1 aliphatic carbocycles. The molecule has 1 heterocycles. The van der Waals surface area contributed by atoms with Crippen LogP contribution in [0, 0.1) is 5.92 Å². The third kappa shape index (κ3) is 2.72. The second kappa shape index (κ2) is 4.66. The molecule has 0 bridgehead atoms. The number of nitrogens with one attached hydrogen (secondary N) is 1. The van der Waals surface area contributed by atoms with Gasteiger partial charge >= 0.3 is 0 Å². The summed E-state index contributed by atoms with van der Waals surface area (Å²) in [6.45, 7) is 3.78. The van der Waals surface area contributed by atoms with E-state index in [0.717, 1.165) is 24.8 Å². The summed E-state index contributed by atoms with van der Waals surface area (Å²) in [5, 5.41) is 7.73. The van der Waals surface area contributed by atoms with Crippen molar-refractivity contribution in [3.05, 3.63) is 12.4 Å². The molecule has 1 unspecified atom stereocenters. The molecule has 2 rings (SSSR count). The minimum atomic E-state index is 0.449. The normalized spacial score (nSPS) is 17.7. The molecule has 0 spiro atoms. The quantitative estimate of drug-likeness (QED) is 0.775. The molecule has 15 heavy (non-hydrogen) atoms. The average Bonchev–Trinajstić information content (AvgIpc) is 2.99. The SMILES string of the molecule is CCn1cc(NC(COC)C2CC2)cn1. The maximum atomic E-state index is 5.22. The minimum absolute atomic E-state index is 0.449. The first-order chi connectivity index (χ1) is 7.33. The number of aromatic nitrogens is 2. The Bertz CT molecular complexity index is 307. The van der Waals surface area contributed by atoms with Gasteiger partial charge in [0.2, 0.25) is 0 Å². The van der Waals surface area contributed by atoms with Gasteiger partial charge in [-0.1, -0.05) is 0 Å². The maximum absolute atomic E-state index is 5.22. The largest absolute Gasteiger partial charge is 0.383 e. The van der Waals surface area contributed by atoms with Crippen molar-refractivity contribution in [3.63, 3.8) is 0 Å². The number of methoxy groups -OCH3 is 1. The maximum Gasteiger partial charge on any atom is 0.0729 e. The van der Waals surface area contributed by atoms with Crippen molar-refractivity contribution in [2.75, 3.05) is 19.0 Å². The number of hydrogen-bond donors (Lipinski definition) is 1. The summed E-state index contributed by atoms with van der Waals surface area (Å²) in [5.41, 5.74) is 1.10. The van der Waals surface area contributed by atoms with E-state index in [1.807, 2.05) is 17.1 Å². The lowest BCUT2D eigenvalue weighted by atomic mass is 10.2. The third-order valence-electron chi connectivity index (χ3n) is 2.85. The first-order valence-electron chi connectivity index (χ1n) is 5.61. The van der Waals surface area contributed by atoms with Crippen molar-refractivity contribution in [3.8, 4) is 0 Å². The van der Waals surface area contributed by atoms with Crippen LogP contribution in [0.25, 0.3) is 0 Å². The van der Waals surface area contributed by atoms with Crippen molar-refractivity contribution in [1.29, 1.82) is 0 Å². The van der Waals surface area contributed by atoms with Gasteiger partial charge < -0.3 is 10.1 Å². The Morgan fingerprint density at radius 3 is 3.00 bits per heavy atom. The molecule has 1 aromatic heterocycles. The number of hydrogen-bond acceptors (Lipinski definition) is 3. The van der Waals surface area contributed by atoms with Gasteiger partial charge in [-0.2, -0.15) is 5.10 Å². The van der Waals surface area contributed by atoms with E-state index < -0.39 is 0 Å². The summed E-state index contributed by atoms with van der Waals surface area (Å²) in [5.74, 6) is 0.787. The smallest absolute Gasteiger partial charge is 0.0729 e. The van der Waals surface area contributed by atoms with Gasteiger partial charge in [0.15, 0.2) is 0 Å². The second-order valence-corrected chi connectivity index (χ2v) is 4.13.